The molecule has 0 amide bonds. The van der Waals surface area contributed by atoms with Crippen molar-refractivity contribution in [2.45, 2.75) is 6.92 Å². The SMILES string of the molecule is COc1ncc2cc(C)cc(OC)c2n1. The molecular formula is C11H12N2O2. The molecule has 2 rings (SSSR count). The van der Waals surface area contributed by atoms with Crippen LogP contribution in [0.1, 0.15) is 5.56 Å². The van der Waals surface area contributed by atoms with Crippen LogP contribution in [0.5, 0.6) is 11.8 Å². The smallest absolute Gasteiger partial charge is 0.316 e. The monoisotopic (exact) mass is 204 g/mol. The lowest BCUT2D eigenvalue weighted by Gasteiger charge is -2.06. The largest absolute Gasteiger partial charge is 0.494 e. The second-order valence-electron chi connectivity index (χ2n) is 3.26. The highest BCUT2D eigenvalue weighted by Gasteiger charge is 2.06. The van der Waals surface area contributed by atoms with Crippen molar-refractivity contribution in [3.8, 4) is 11.8 Å². The normalized spacial score (nSPS) is 10.3. The van der Waals surface area contributed by atoms with Gasteiger partial charge >= 0.3 is 6.01 Å². The Balaban J connectivity index is 2.73. The van der Waals surface area contributed by atoms with Gasteiger partial charge in [-0.1, -0.05) is 0 Å². The molecule has 0 fully saturated rings. The average molecular weight is 204 g/mol. The molecule has 4 heteroatoms. The molecule has 0 saturated carbocycles. The maximum Gasteiger partial charge on any atom is 0.316 e. The van der Waals surface area contributed by atoms with E-state index in [4.69, 9.17) is 9.47 Å². The summed E-state index contributed by atoms with van der Waals surface area (Å²) in [5.74, 6) is 0.741. The van der Waals surface area contributed by atoms with Crippen molar-refractivity contribution in [2.24, 2.45) is 0 Å². The van der Waals surface area contributed by atoms with Gasteiger partial charge in [-0.3, -0.25) is 0 Å². The van der Waals surface area contributed by atoms with Gasteiger partial charge in [0, 0.05) is 11.6 Å². The van der Waals surface area contributed by atoms with E-state index in [0.29, 0.717) is 6.01 Å². The molecule has 15 heavy (non-hydrogen) atoms. The highest BCUT2D eigenvalue weighted by Crippen LogP contribution is 2.26. The third kappa shape index (κ3) is 1.70. The summed E-state index contributed by atoms with van der Waals surface area (Å²) in [5.41, 5.74) is 1.89. The van der Waals surface area contributed by atoms with Crippen molar-refractivity contribution in [3.63, 3.8) is 0 Å². The molecule has 0 N–H and O–H groups in total. The van der Waals surface area contributed by atoms with Crippen molar-refractivity contribution in [1.82, 2.24) is 9.97 Å². The Morgan fingerprint density at radius 3 is 2.60 bits per heavy atom. The van der Waals surface area contributed by atoms with Gasteiger partial charge in [0.15, 0.2) is 0 Å². The summed E-state index contributed by atoms with van der Waals surface area (Å²) in [7, 11) is 3.17. The highest BCUT2D eigenvalue weighted by molar-refractivity contribution is 5.84. The van der Waals surface area contributed by atoms with Gasteiger partial charge in [0.05, 0.1) is 14.2 Å². The highest BCUT2D eigenvalue weighted by atomic mass is 16.5. The van der Waals surface area contributed by atoms with Gasteiger partial charge < -0.3 is 9.47 Å². The van der Waals surface area contributed by atoms with Crippen molar-refractivity contribution in [1.29, 1.82) is 0 Å². The molecule has 0 unspecified atom stereocenters. The zero-order chi connectivity index (χ0) is 10.8. The zero-order valence-corrected chi connectivity index (χ0v) is 8.94. The predicted octanol–water partition coefficient (Wildman–Crippen LogP) is 1.96. The summed E-state index contributed by atoms with van der Waals surface area (Å²) < 4.78 is 10.2. The van der Waals surface area contributed by atoms with E-state index in [2.05, 4.69) is 9.97 Å². The topological polar surface area (TPSA) is 44.2 Å². The molecule has 2 aromatic rings. The molecule has 0 bridgehead atoms. The number of rotatable bonds is 2. The summed E-state index contributed by atoms with van der Waals surface area (Å²) in [6.07, 6.45) is 1.73. The van der Waals surface area contributed by atoms with E-state index in [1.165, 1.54) is 0 Å². The first-order chi connectivity index (χ1) is 7.24. The Labute approximate surface area is 87.9 Å². The number of methoxy groups -OCH3 is 2. The summed E-state index contributed by atoms with van der Waals surface area (Å²) in [5, 5.41) is 0.952. The minimum absolute atomic E-state index is 0.352. The van der Waals surface area contributed by atoms with E-state index in [-0.39, 0.29) is 0 Å². The molecule has 0 aliphatic carbocycles. The molecule has 0 aliphatic heterocycles. The van der Waals surface area contributed by atoms with E-state index in [0.717, 1.165) is 22.2 Å². The van der Waals surface area contributed by atoms with Crippen LogP contribution in [0.25, 0.3) is 10.9 Å². The van der Waals surface area contributed by atoms with Crippen LogP contribution in [0.15, 0.2) is 18.3 Å². The van der Waals surface area contributed by atoms with Crippen LogP contribution < -0.4 is 9.47 Å². The quantitative estimate of drug-likeness (QED) is 0.750. The number of aromatic nitrogens is 2. The number of fused-ring (bicyclic) bond motifs is 1. The first-order valence-electron chi connectivity index (χ1n) is 4.60. The Hall–Kier alpha value is -1.84. The number of benzene rings is 1. The van der Waals surface area contributed by atoms with Crippen LogP contribution in [0.4, 0.5) is 0 Å². The molecule has 0 radical (unpaired) electrons. The zero-order valence-electron chi connectivity index (χ0n) is 8.94. The van der Waals surface area contributed by atoms with Gasteiger partial charge in [-0.2, -0.15) is 4.98 Å². The molecule has 1 heterocycles. The van der Waals surface area contributed by atoms with Crippen molar-refractivity contribution in [3.05, 3.63) is 23.9 Å². The maximum atomic E-state index is 5.26. The Kier molecular flexibility index (Phi) is 2.41. The lowest BCUT2D eigenvalue weighted by molar-refractivity contribution is 0.380. The molecule has 78 valence electrons. The average Bonchev–Trinajstić information content (AvgIpc) is 2.27. The number of nitrogens with zero attached hydrogens (tertiary/aromatic N) is 2. The second kappa shape index (κ2) is 3.73. The van der Waals surface area contributed by atoms with E-state index < -0.39 is 0 Å². The van der Waals surface area contributed by atoms with Gasteiger partial charge in [-0.25, -0.2) is 4.98 Å². The number of hydrogen-bond acceptors (Lipinski definition) is 4. The third-order valence-electron chi connectivity index (χ3n) is 2.17. The summed E-state index contributed by atoms with van der Waals surface area (Å²) >= 11 is 0. The lowest BCUT2D eigenvalue weighted by Crippen LogP contribution is -1.94. The molecule has 0 spiro atoms. The third-order valence-corrected chi connectivity index (χ3v) is 2.17. The number of hydrogen-bond donors (Lipinski definition) is 0. The molecule has 0 saturated heterocycles. The van der Waals surface area contributed by atoms with Crippen LogP contribution >= 0.6 is 0 Å². The van der Waals surface area contributed by atoms with Crippen LogP contribution in [0.3, 0.4) is 0 Å². The fourth-order valence-electron chi connectivity index (χ4n) is 1.49. The van der Waals surface area contributed by atoms with Gasteiger partial charge in [0.1, 0.15) is 11.3 Å². The van der Waals surface area contributed by atoms with Crippen LogP contribution in [0.2, 0.25) is 0 Å². The maximum absolute atomic E-state index is 5.26. The number of aryl methyl sites for hydroxylation is 1. The summed E-state index contributed by atoms with van der Waals surface area (Å²) in [4.78, 5) is 8.30. The summed E-state index contributed by atoms with van der Waals surface area (Å²) in [6, 6.07) is 4.30. The second-order valence-corrected chi connectivity index (χ2v) is 3.26. The van der Waals surface area contributed by atoms with Crippen LogP contribution in [0, 0.1) is 6.92 Å². The van der Waals surface area contributed by atoms with E-state index in [1.54, 1.807) is 20.4 Å². The molecule has 1 aromatic carbocycles. The first-order valence-corrected chi connectivity index (χ1v) is 4.60. The Morgan fingerprint density at radius 2 is 1.93 bits per heavy atom. The molecule has 0 atom stereocenters. The van der Waals surface area contributed by atoms with E-state index in [1.807, 2.05) is 19.1 Å². The van der Waals surface area contributed by atoms with Gasteiger partial charge in [0.2, 0.25) is 0 Å². The van der Waals surface area contributed by atoms with E-state index in [9.17, 15) is 0 Å². The molecule has 1 aromatic heterocycles. The van der Waals surface area contributed by atoms with Gasteiger partial charge in [-0.05, 0) is 24.6 Å². The molecule has 0 aliphatic rings. The van der Waals surface area contributed by atoms with Crippen LogP contribution in [-0.4, -0.2) is 24.2 Å². The van der Waals surface area contributed by atoms with Crippen LogP contribution in [-0.2, 0) is 0 Å². The summed E-state index contributed by atoms with van der Waals surface area (Å²) in [6.45, 7) is 2.01. The molecular weight excluding hydrogens is 192 g/mol. The van der Waals surface area contributed by atoms with Crippen molar-refractivity contribution >= 4 is 10.9 Å². The minimum Gasteiger partial charge on any atom is -0.494 e. The Bertz CT molecular complexity index is 497. The number of ether oxygens (including phenoxy) is 2. The van der Waals surface area contributed by atoms with Crippen molar-refractivity contribution < 1.29 is 9.47 Å². The van der Waals surface area contributed by atoms with Crippen molar-refractivity contribution in [2.75, 3.05) is 14.2 Å². The minimum atomic E-state index is 0.352. The fourth-order valence-corrected chi connectivity index (χ4v) is 1.49. The first kappa shape index (κ1) is 9.71. The molecule has 4 nitrogen and oxygen atoms in total. The predicted molar refractivity (Wildman–Crippen MR) is 57.4 cm³/mol. The van der Waals surface area contributed by atoms with Gasteiger partial charge in [-0.15, -0.1) is 0 Å². The van der Waals surface area contributed by atoms with Gasteiger partial charge in [0.25, 0.3) is 0 Å². The standard InChI is InChI=1S/C11H12N2O2/c1-7-4-8-6-12-11(15-3)13-10(8)9(5-7)14-2/h4-6H,1-3H3. The van der Waals surface area contributed by atoms with E-state index >= 15 is 0 Å². The fraction of sp³-hybridized carbons (Fsp3) is 0.273. The lowest BCUT2D eigenvalue weighted by atomic mass is 10.1. The Morgan fingerprint density at radius 1 is 1.13 bits per heavy atom.